The van der Waals surface area contributed by atoms with E-state index in [-0.39, 0.29) is 0 Å². The molecule has 0 bridgehead atoms. The molecule has 3 heteroatoms. The smallest absolute Gasteiger partial charge is 0.192 e. The van der Waals surface area contributed by atoms with Gasteiger partial charge in [-0.25, -0.2) is 0 Å². The van der Waals surface area contributed by atoms with Crippen molar-refractivity contribution in [1.29, 1.82) is 0 Å². The summed E-state index contributed by atoms with van der Waals surface area (Å²) in [5.41, 5.74) is 0. The molecule has 0 aromatic heterocycles. The van der Waals surface area contributed by atoms with E-state index in [2.05, 4.69) is 42.5 Å². The number of rotatable bonds is 6. The maximum absolute atomic E-state index is 5.79. The maximum Gasteiger partial charge on any atom is 0.192 e. The zero-order valence-corrected chi connectivity index (χ0v) is 11.6. The van der Waals surface area contributed by atoms with Crippen molar-refractivity contribution in [3.05, 3.63) is 42.5 Å². The van der Waals surface area contributed by atoms with Gasteiger partial charge in [-0.1, -0.05) is 42.5 Å². The fourth-order valence-corrected chi connectivity index (χ4v) is 3.18. The first-order valence-electron chi connectivity index (χ1n) is 5.95. The van der Waals surface area contributed by atoms with Gasteiger partial charge in [0, 0.05) is 20.3 Å². The van der Waals surface area contributed by atoms with Crippen LogP contribution in [0.3, 0.4) is 0 Å². The lowest BCUT2D eigenvalue weighted by Crippen LogP contribution is -2.19. The first-order valence-corrected chi connectivity index (χ1v) is 7.23. The molecule has 0 unspecified atom stereocenters. The summed E-state index contributed by atoms with van der Waals surface area (Å²) in [4.78, 5) is 0. The zero-order chi connectivity index (χ0) is 11.9. The molecule has 0 saturated heterocycles. The van der Waals surface area contributed by atoms with E-state index in [0.717, 1.165) is 19.6 Å². The number of methoxy groups -OCH3 is 1. The first-order chi connectivity index (χ1) is 8.42. The molecule has 2 aromatic carbocycles. The van der Waals surface area contributed by atoms with Crippen molar-refractivity contribution in [1.82, 2.24) is 0 Å². The molecule has 0 saturated carbocycles. The SMILES string of the molecule is COCCCO[SiH2]c1cccc2ccccc12. The number of fused-ring (bicyclic) bond motifs is 1. The predicted octanol–water partition coefficient (Wildman–Crippen LogP) is 1.60. The highest BCUT2D eigenvalue weighted by Gasteiger charge is 2.00. The van der Waals surface area contributed by atoms with Crippen LogP contribution in [0.25, 0.3) is 10.8 Å². The number of hydrogen-bond donors (Lipinski definition) is 0. The van der Waals surface area contributed by atoms with Crippen molar-refractivity contribution in [2.75, 3.05) is 20.3 Å². The van der Waals surface area contributed by atoms with E-state index in [0.29, 0.717) is 0 Å². The number of benzene rings is 2. The molecule has 0 aliphatic rings. The van der Waals surface area contributed by atoms with Crippen molar-refractivity contribution in [2.24, 2.45) is 0 Å². The van der Waals surface area contributed by atoms with Crippen LogP contribution in [-0.2, 0) is 9.16 Å². The third kappa shape index (κ3) is 3.39. The summed E-state index contributed by atoms with van der Waals surface area (Å²) >= 11 is 0. The highest BCUT2D eigenvalue weighted by Crippen LogP contribution is 2.10. The molecule has 2 aromatic rings. The Morgan fingerprint density at radius 3 is 2.71 bits per heavy atom. The second-order valence-corrected chi connectivity index (χ2v) is 5.50. The van der Waals surface area contributed by atoms with Gasteiger partial charge in [-0.2, -0.15) is 0 Å². The Labute approximate surface area is 104 Å². The Kier molecular flexibility index (Phi) is 4.73. The monoisotopic (exact) mass is 246 g/mol. The second-order valence-electron chi connectivity index (χ2n) is 4.04. The Morgan fingerprint density at radius 2 is 1.82 bits per heavy atom. The normalized spacial score (nSPS) is 11.6. The highest BCUT2D eigenvalue weighted by atomic mass is 28.2. The predicted molar refractivity (Wildman–Crippen MR) is 74.6 cm³/mol. The minimum absolute atomic E-state index is 0.617. The van der Waals surface area contributed by atoms with Crippen LogP contribution in [0.1, 0.15) is 6.42 Å². The van der Waals surface area contributed by atoms with Gasteiger partial charge in [-0.3, -0.25) is 0 Å². The summed E-state index contributed by atoms with van der Waals surface area (Å²) in [7, 11) is 1.11. The van der Waals surface area contributed by atoms with E-state index in [1.807, 2.05) is 0 Å². The van der Waals surface area contributed by atoms with Gasteiger partial charge in [0.05, 0.1) is 0 Å². The van der Waals surface area contributed by atoms with Gasteiger partial charge < -0.3 is 9.16 Å². The van der Waals surface area contributed by atoms with Gasteiger partial charge in [0.25, 0.3) is 0 Å². The fourth-order valence-electron chi connectivity index (χ4n) is 1.91. The highest BCUT2D eigenvalue weighted by molar-refractivity contribution is 6.51. The molecule has 0 spiro atoms. The van der Waals surface area contributed by atoms with Crippen LogP contribution in [0.2, 0.25) is 0 Å². The summed E-state index contributed by atoms with van der Waals surface area (Å²) in [6.45, 7) is 1.59. The molecule has 0 radical (unpaired) electrons. The van der Waals surface area contributed by atoms with Crippen LogP contribution in [0.15, 0.2) is 42.5 Å². The average molecular weight is 246 g/mol. The molecular weight excluding hydrogens is 228 g/mol. The van der Waals surface area contributed by atoms with Gasteiger partial charge in [0.1, 0.15) is 0 Å². The molecule has 0 N–H and O–H groups in total. The summed E-state index contributed by atoms with van der Waals surface area (Å²) in [6.07, 6.45) is 0.980. The minimum atomic E-state index is -0.617. The van der Waals surface area contributed by atoms with Crippen molar-refractivity contribution in [2.45, 2.75) is 6.42 Å². The first kappa shape index (κ1) is 12.3. The average Bonchev–Trinajstić information content (AvgIpc) is 2.39. The largest absolute Gasteiger partial charge is 0.418 e. The van der Waals surface area contributed by atoms with Gasteiger partial charge in [0.2, 0.25) is 0 Å². The molecule has 0 fully saturated rings. The van der Waals surface area contributed by atoms with Gasteiger partial charge >= 0.3 is 0 Å². The Balaban J connectivity index is 1.98. The third-order valence-electron chi connectivity index (χ3n) is 2.77. The van der Waals surface area contributed by atoms with Crippen LogP contribution < -0.4 is 5.19 Å². The standard InChI is InChI=1S/C14H18O2Si/c1-15-10-5-11-16-17-14-9-4-7-12-6-2-3-8-13(12)14/h2-4,6-9H,5,10-11,17H2,1H3. The summed E-state index contributed by atoms with van der Waals surface area (Å²) in [5, 5.41) is 4.03. The molecule has 0 atom stereocenters. The van der Waals surface area contributed by atoms with E-state index < -0.39 is 9.76 Å². The van der Waals surface area contributed by atoms with Crippen molar-refractivity contribution >= 4 is 25.7 Å². The van der Waals surface area contributed by atoms with Crippen LogP contribution in [0, 0.1) is 0 Å². The molecule has 2 rings (SSSR count). The Morgan fingerprint density at radius 1 is 1.00 bits per heavy atom. The van der Waals surface area contributed by atoms with E-state index in [1.165, 1.54) is 16.0 Å². The topological polar surface area (TPSA) is 18.5 Å². The zero-order valence-electron chi connectivity index (χ0n) is 10.2. The third-order valence-corrected chi connectivity index (χ3v) is 4.20. The molecule has 0 heterocycles. The van der Waals surface area contributed by atoms with E-state index in [4.69, 9.17) is 9.16 Å². The van der Waals surface area contributed by atoms with Gasteiger partial charge in [-0.15, -0.1) is 0 Å². The van der Waals surface area contributed by atoms with Gasteiger partial charge in [0.15, 0.2) is 9.76 Å². The molecule has 90 valence electrons. The Hall–Kier alpha value is -1.16. The number of ether oxygens (including phenoxy) is 1. The summed E-state index contributed by atoms with van der Waals surface area (Å²) in [6, 6.07) is 14.9. The molecule has 0 amide bonds. The van der Waals surface area contributed by atoms with E-state index in [9.17, 15) is 0 Å². The fraction of sp³-hybridized carbons (Fsp3) is 0.286. The van der Waals surface area contributed by atoms with E-state index in [1.54, 1.807) is 7.11 Å². The van der Waals surface area contributed by atoms with Gasteiger partial charge in [-0.05, 0) is 22.4 Å². The van der Waals surface area contributed by atoms with Crippen LogP contribution >= 0.6 is 0 Å². The lowest BCUT2D eigenvalue weighted by atomic mass is 10.1. The molecule has 17 heavy (non-hydrogen) atoms. The second kappa shape index (κ2) is 6.54. The maximum atomic E-state index is 5.79. The molecule has 2 nitrogen and oxygen atoms in total. The van der Waals surface area contributed by atoms with Crippen molar-refractivity contribution < 1.29 is 9.16 Å². The Bertz CT molecular complexity index is 465. The van der Waals surface area contributed by atoms with Crippen molar-refractivity contribution in [3.8, 4) is 0 Å². The summed E-state index contributed by atoms with van der Waals surface area (Å²) < 4.78 is 10.8. The lowest BCUT2D eigenvalue weighted by molar-refractivity contribution is 0.174. The van der Waals surface area contributed by atoms with E-state index >= 15 is 0 Å². The molecular formula is C14H18O2Si. The quantitative estimate of drug-likeness (QED) is 0.569. The van der Waals surface area contributed by atoms with Crippen LogP contribution in [-0.4, -0.2) is 30.1 Å². The lowest BCUT2D eigenvalue weighted by Gasteiger charge is -2.07. The number of hydrogen-bond acceptors (Lipinski definition) is 2. The van der Waals surface area contributed by atoms with Crippen LogP contribution in [0.5, 0.6) is 0 Å². The summed E-state index contributed by atoms with van der Waals surface area (Å²) in [5.74, 6) is 0. The van der Waals surface area contributed by atoms with Crippen molar-refractivity contribution in [3.63, 3.8) is 0 Å². The minimum Gasteiger partial charge on any atom is -0.418 e. The van der Waals surface area contributed by atoms with Crippen LogP contribution in [0.4, 0.5) is 0 Å². The molecule has 0 aliphatic heterocycles. The molecule has 0 aliphatic carbocycles.